The Morgan fingerprint density at radius 1 is 1.16 bits per heavy atom. The molecule has 0 aliphatic heterocycles. The molecule has 1 nitrogen and oxygen atoms in total. The predicted molar refractivity (Wildman–Crippen MR) is 84.2 cm³/mol. The highest BCUT2D eigenvalue weighted by atomic mass is 35.5. The van der Waals surface area contributed by atoms with Gasteiger partial charge in [0.1, 0.15) is 0 Å². The molecule has 0 fully saturated rings. The fourth-order valence-corrected chi connectivity index (χ4v) is 3.21. The normalized spacial score (nSPS) is 17.1. The minimum atomic E-state index is 0.404. The highest BCUT2D eigenvalue weighted by Gasteiger charge is 2.15. The Kier molecular flexibility index (Phi) is 5.75. The first kappa shape index (κ1) is 14.9. The first-order chi connectivity index (χ1) is 9.20. The topological polar surface area (TPSA) is 12.0 Å². The molecule has 1 aromatic carbocycles. The zero-order valence-electron chi connectivity index (χ0n) is 11.4. The zero-order chi connectivity index (χ0) is 13.7. The molecule has 1 unspecified atom stereocenters. The summed E-state index contributed by atoms with van der Waals surface area (Å²) in [6.45, 7) is 0. The summed E-state index contributed by atoms with van der Waals surface area (Å²) < 4.78 is 0. The third kappa shape index (κ3) is 4.24. The van der Waals surface area contributed by atoms with Crippen molar-refractivity contribution in [3.8, 4) is 0 Å². The van der Waals surface area contributed by atoms with Crippen molar-refractivity contribution in [2.45, 2.75) is 44.6 Å². The van der Waals surface area contributed by atoms with Crippen molar-refractivity contribution < 1.29 is 0 Å². The van der Waals surface area contributed by atoms with E-state index in [4.69, 9.17) is 23.2 Å². The van der Waals surface area contributed by atoms with Gasteiger partial charge in [-0.05, 0) is 63.3 Å². The quantitative estimate of drug-likeness (QED) is 0.753. The van der Waals surface area contributed by atoms with Gasteiger partial charge >= 0.3 is 0 Å². The van der Waals surface area contributed by atoms with Crippen LogP contribution in [0.5, 0.6) is 0 Å². The molecule has 1 aliphatic rings. The number of nitrogens with one attached hydrogen (secondary N) is 1. The smallest absolute Gasteiger partial charge is 0.0453 e. The second-order valence-corrected chi connectivity index (χ2v) is 6.02. The maximum absolute atomic E-state index is 6.25. The first-order valence-corrected chi connectivity index (χ1v) is 7.74. The van der Waals surface area contributed by atoms with Crippen LogP contribution in [0.25, 0.3) is 0 Å². The van der Waals surface area contributed by atoms with Crippen molar-refractivity contribution in [3.05, 3.63) is 45.5 Å². The van der Waals surface area contributed by atoms with E-state index in [0.717, 1.165) is 28.5 Å². The van der Waals surface area contributed by atoms with E-state index in [1.54, 1.807) is 5.57 Å². The van der Waals surface area contributed by atoms with Crippen molar-refractivity contribution in [3.63, 3.8) is 0 Å². The molecule has 0 radical (unpaired) electrons. The summed E-state index contributed by atoms with van der Waals surface area (Å²) in [4.78, 5) is 0. The molecule has 3 heteroatoms. The SMILES string of the molecule is CNC(CC1=CCCCC1)Cc1c(Cl)cccc1Cl. The average molecular weight is 298 g/mol. The van der Waals surface area contributed by atoms with Gasteiger partial charge in [0.25, 0.3) is 0 Å². The number of benzene rings is 1. The lowest BCUT2D eigenvalue weighted by molar-refractivity contribution is 0.532. The lowest BCUT2D eigenvalue weighted by Crippen LogP contribution is -2.28. The van der Waals surface area contributed by atoms with Crippen molar-refractivity contribution in [2.75, 3.05) is 7.05 Å². The molecule has 1 aromatic rings. The van der Waals surface area contributed by atoms with Gasteiger partial charge in [-0.3, -0.25) is 0 Å². The maximum Gasteiger partial charge on any atom is 0.0453 e. The van der Waals surface area contributed by atoms with E-state index >= 15 is 0 Å². The molecule has 19 heavy (non-hydrogen) atoms. The van der Waals surface area contributed by atoms with Crippen LogP contribution < -0.4 is 5.32 Å². The van der Waals surface area contributed by atoms with Gasteiger partial charge in [0.05, 0.1) is 0 Å². The summed E-state index contributed by atoms with van der Waals surface area (Å²) >= 11 is 12.5. The summed E-state index contributed by atoms with van der Waals surface area (Å²) in [5.41, 5.74) is 2.63. The standard InChI is InChI=1S/C16H21Cl2N/c1-19-13(10-12-6-3-2-4-7-12)11-14-15(17)8-5-9-16(14)18/h5-6,8-9,13,19H,2-4,7,10-11H2,1H3. The second kappa shape index (κ2) is 7.33. The molecule has 0 spiro atoms. The molecule has 0 heterocycles. The minimum Gasteiger partial charge on any atom is -0.316 e. The van der Waals surface area contributed by atoms with Crippen LogP contribution in [0.3, 0.4) is 0 Å². The molecule has 2 rings (SSSR count). The average Bonchev–Trinajstić information content (AvgIpc) is 2.43. The van der Waals surface area contributed by atoms with Gasteiger partial charge in [-0.25, -0.2) is 0 Å². The Balaban J connectivity index is 2.04. The van der Waals surface area contributed by atoms with E-state index in [2.05, 4.69) is 11.4 Å². The molecule has 1 atom stereocenters. The van der Waals surface area contributed by atoms with Gasteiger partial charge in [0.2, 0.25) is 0 Å². The van der Waals surface area contributed by atoms with Crippen molar-refractivity contribution in [1.29, 1.82) is 0 Å². The summed E-state index contributed by atoms with van der Waals surface area (Å²) in [6.07, 6.45) is 9.53. The van der Waals surface area contributed by atoms with E-state index in [9.17, 15) is 0 Å². The van der Waals surface area contributed by atoms with Crippen LogP contribution in [0.2, 0.25) is 10.0 Å². The highest BCUT2D eigenvalue weighted by molar-refractivity contribution is 6.36. The Bertz CT molecular complexity index is 434. The van der Waals surface area contributed by atoms with Gasteiger partial charge in [0, 0.05) is 16.1 Å². The fourth-order valence-electron chi connectivity index (χ4n) is 2.66. The van der Waals surface area contributed by atoms with Crippen LogP contribution in [0.4, 0.5) is 0 Å². The summed E-state index contributed by atoms with van der Waals surface area (Å²) in [5, 5.41) is 4.93. The van der Waals surface area contributed by atoms with Gasteiger partial charge in [-0.15, -0.1) is 0 Å². The fraction of sp³-hybridized carbons (Fsp3) is 0.500. The maximum atomic E-state index is 6.25. The molecule has 0 bridgehead atoms. The van der Waals surface area contributed by atoms with Crippen LogP contribution in [0.15, 0.2) is 29.8 Å². The number of halogens is 2. The Hall–Kier alpha value is -0.500. The van der Waals surface area contributed by atoms with Gasteiger partial charge in [-0.1, -0.05) is 40.9 Å². The van der Waals surface area contributed by atoms with Crippen LogP contribution in [0.1, 0.15) is 37.7 Å². The van der Waals surface area contributed by atoms with Gasteiger partial charge < -0.3 is 5.32 Å². The molecule has 0 saturated carbocycles. The van der Waals surface area contributed by atoms with Gasteiger partial charge in [-0.2, -0.15) is 0 Å². The summed E-state index contributed by atoms with van der Waals surface area (Å²) in [6, 6.07) is 6.12. The minimum absolute atomic E-state index is 0.404. The third-order valence-corrected chi connectivity index (χ3v) is 4.52. The zero-order valence-corrected chi connectivity index (χ0v) is 12.9. The molecule has 1 aliphatic carbocycles. The molecular formula is C16H21Cl2N. The number of rotatable bonds is 5. The number of likely N-dealkylation sites (N-methyl/N-ethyl adjacent to an activating group) is 1. The van der Waals surface area contributed by atoms with E-state index in [1.165, 1.54) is 25.7 Å². The number of allylic oxidation sites excluding steroid dienone is 1. The lowest BCUT2D eigenvalue weighted by atomic mass is 9.92. The summed E-state index contributed by atoms with van der Waals surface area (Å²) in [5.74, 6) is 0. The molecule has 0 saturated heterocycles. The third-order valence-electron chi connectivity index (χ3n) is 3.81. The van der Waals surface area contributed by atoms with Gasteiger partial charge in [0.15, 0.2) is 0 Å². The largest absolute Gasteiger partial charge is 0.316 e. The van der Waals surface area contributed by atoms with E-state index in [-0.39, 0.29) is 0 Å². The molecule has 0 aromatic heterocycles. The molecule has 0 amide bonds. The van der Waals surface area contributed by atoms with E-state index in [0.29, 0.717) is 6.04 Å². The van der Waals surface area contributed by atoms with E-state index in [1.807, 2.05) is 25.2 Å². The first-order valence-electron chi connectivity index (χ1n) is 6.98. The van der Waals surface area contributed by atoms with Crippen molar-refractivity contribution >= 4 is 23.2 Å². The van der Waals surface area contributed by atoms with Crippen LogP contribution in [-0.2, 0) is 6.42 Å². The van der Waals surface area contributed by atoms with E-state index < -0.39 is 0 Å². The second-order valence-electron chi connectivity index (χ2n) is 5.20. The van der Waals surface area contributed by atoms with Crippen molar-refractivity contribution in [2.24, 2.45) is 0 Å². The lowest BCUT2D eigenvalue weighted by Gasteiger charge is -2.21. The van der Waals surface area contributed by atoms with Crippen LogP contribution >= 0.6 is 23.2 Å². The molecular weight excluding hydrogens is 277 g/mol. The Morgan fingerprint density at radius 2 is 1.89 bits per heavy atom. The number of hydrogen-bond donors (Lipinski definition) is 1. The van der Waals surface area contributed by atoms with Crippen LogP contribution in [0, 0.1) is 0 Å². The highest BCUT2D eigenvalue weighted by Crippen LogP contribution is 2.28. The molecule has 104 valence electrons. The Morgan fingerprint density at radius 3 is 2.47 bits per heavy atom. The monoisotopic (exact) mass is 297 g/mol. The molecule has 1 N–H and O–H groups in total. The number of hydrogen-bond acceptors (Lipinski definition) is 1. The Labute approximate surface area is 126 Å². The summed E-state index contributed by atoms with van der Waals surface area (Å²) in [7, 11) is 2.01. The van der Waals surface area contributed by atoms with Crippen molar-refractivity contribution in [1.82, 2.24) is 5.32 Å². The predicted octanol–water partition coefficient (Wildman–Crippen LogP) is 5.01. The van der Waals surface area contributed by atoms with Crippen LogP contribution in [-0.4, -0.2) is 13.1 Å².